The summed E-state index contributed by atoms with van der Waals surface area (Å²) in [5.74, 6) is 0.799. The molecule has 1 heterocycles. The van der Waals surface area contributed by atoms with Crippen molar-refractivity contribution in [1.29, 1.82) is 0 Å². The summed E-state index contributed by atoms with van der Waals surface area (Å²) in [6.07, 6.45) is 0. The van der Waals surface area contributed by atoms with Gasteiger partial charge in [-0.25, -0.2) is 4.98 Å². The number of ether oxygens (including phenoxy) is 1. The van der Waals surface area contributed by atoms with Gasteiger partial charge in [0.25, 0.3) is 5.91 Å². The van der Waals surface area contributed by atoms with Crippen molar-refractivity contribution in [3.63, 3.8) is 0 Å². The lowest BCUT2D eigenvalue weighted by Crippen LogP contribution is -3.08. The Morgan fingerprint density at radius 3 is 2.66 bits per heavy atom. The largest absolute Gasteiger partial charge is 0.496 e. The van der Waals surface area contributed by atoms with Crippen molar-refractivity contribution in [2.24, 2.45) is 0 Å². The minimum Gasteiger partial charge on any atom is -0.496 e. The number of carbonyl (C=O) groups excluding carboxylic acids is 1. The van der Waals surface area contributed by atoms with Gasteiger partial charge in [0.05, 0.1) is 24.4 Å². The number of anilines is 1. The Kier molecular flexibility index (Phi) is 6.89. The maximum atomic E-state index is 12.6. The van der Waals surface area contributed by atoms with Gasteiger partial charge in [-0.2, -0.15) is 0 Å². The number of rotatable bonds is 7. The molecule has 0 aliphatic heterocycles. The van der Waals surface area contributed by atoms with Crippen molar-refractivity contribution in [1.82, 2.24) is 4.98 Å². The quantitative estimate of drug-likeness (QED) is 0.379. The zero-order valence-corrected chi connectivity index (χ0v) is 20.6. The minimum absolute atomic E-state index is 0.0281. The van der Waals surface area contributed by atoms with Gasteiger partial charge in [0.1, 0.15) is 17.3 Å². The van der Waals surface area contributed by atoms with Crippen LogP contribution in [0.5, 0.6) is 5.75 Å². The van der Waals surface area contributed by atoms with Crippen molar-refractivity contribution >= 4 is 49.1 Å². The summed E-state index contributed by atoms with van der Waals surface area (Å²) in [7, 11) is 3.66. The summed E-state index contributed by atoms with van der Waals surface area (Å²) in [5, 5.41) is 3.98. The minimum atomic E-state index is -0.0281. The normalized spacial score (nSPS) is 12.0. The number of nitrogens with one attached hydrogen (secondary N) is 2. The number of hydrogen-bond donors (Lipinski definition) is 2. The highest BCUT2D eigenvalue weighted by atomic mass is 79.9. The number of thiazole rings is 1. The Morgan fingerprint density at radius 2 is 1.91 bits per heavy atom. The highest BCUT2D eigenvalue weighted by Crippen LogP contribution is 2.31. The van der Waals surface area contributed by atoms with Crippen molar-refractivity contribution in [3.05, 3.63) is 76.3 Å². The lowest BCUT2D eigenvalue weighted by atomic mass is 10.2. The summed E-state index contributed by atoms with van der Waals surface area (Å²) in [5.41, 5.74) is 5.13. The molecule has 1 amide bonds. The zero-order chi connectivity index (χ0) is 22.7. The van der Waals surface area contributed by atoms with Crippen LogP contribution in [0.25, 0.3) is 20.8 Å². The third-order valence-corrected chi connectivity index (χ3v) is 6.72. The van der Waals surface area contributed by atoms with Crippen LogP contribution in [0.4, 0.5) is 5.69 Å². The van der Waals surface area contributed by atoms with Crippen LogP contribution in [0, 0.1) is 6.92 Å². The number of amides is 1. The van der Waals surface area contributed by atoms with Crippen LogP contribution in [0.15, 0.2) is 65.1 Å². The van der Waals surface area contributed by atoms with E-state index in [1.54, 1.807) is 18.4 Å². The van der Waals surface area contributed by atoms with Crippen molar-refractivity contribution in [2.75, 3.05) is 26.0 Å². The van der Waals surface area contributed by atoms with Gasteiger partial charge in [0.2, 0.25) is 0 Å². The fraction of sp³-hybridized carbons (Fsp3) is 0.200. The predicted molar refractivity (Wildman–Crippen MR) is 135 cm³/mol. The van der Waals surface area contributed by atoms with E-state index in [9.17, 15) is 4.79 Å². The Morgan fingerprint density at radius 1 is 1.12 bits per heavy atom. The molecule has 0 radical (unpaired) electrons. The number of aromatic nitrogens is 1. The number of carbonyl (C=O) groups is 1. The first-order chi connectivity index (χ1) is 15.4. The molecule has 1 aromatic heterocycles. The monoisotopic (exact) mass is 510 g/mol. The molecule has 1 unspecified atom stereocenters. The van der Waals surface area contributed by atoms with E-state index >= 15 is 0 Å². The third kappa shape index (κ3) is 5.35. The molecule has 4 rings (SSSR count). The highest BCUT2D eigenvalue weighted by Gasteiger charge is 2.14. The first-order valence-corrected chi connectivity index (χ1v) is 11.9. The molecule has 2 N–H and O–H groups in total. The van der Waals surface area contributed by atoms with Crippen LogP contribution in [-0.2, 0) is 11.3 Å². The van der Waals surface area contributed by atoms with Crippen LogP contribution in [0.3, 0.4) is 0 Å². The highest BCUT2D eigenvalue weighted by molar-refractivity contribution is 9.10. The SMILES string of the molecule is COc1ccc(Br)cc1C[NH+](C)CC(=O)Nc1ccc(-c2nc3ccc(C)cc3s2)cc1. The molecule has 4 aromatic rings. The molecule has 0 aliphatic carbocycles. The van der Waals surface area contributed by atoms with Gasteiger partial charge in [-0.05, 0) is 67.1 Å². The Hall–Kier alpha value is -2.74. The third-order valence-electron chi connectivity index (χ3n) is 5.16. The second kappa shape index (κ2) is 9.81. The molecule has 0 aliphatic rings. The number of halogens is 1. The lowest BCUT2D eigenvalue weighted by molar-refractivity contribution is -0.885. The Balaban J connectivity index is 1.37. The molecule has 164 valence electrons. The fourth-order valence-corrected chi connectivity index (χ4v) is 5.08. The average molecular weight is 511 g/mol. The summed E-state index contributed by atoms with van der Waals surface area (Å²) in [6.45, 7) is 3.13. The van der Waals surface area contributed by atoms with E-state index in [1.807, 2.05) is 49.5 Å². The van der Waals surface area contributed by atoms with E-state index in [4.69, 9.17) is 9.72 Å². The predicted octanol–water partition coefficient (Wildman–Crippen LogP) is 4.70. The van der Waals surface area contributed by atoms with Gasteiger partial charge in [-0.15, -0.1) is 11.3 Å². The Labute approximate surface area is 200 Å². The number of likely N-dealkylation sites (N-methyl/N-ethyl adjacent to an activating group) is 1. The van der Waals surface area contributed by atoms with E-state index in [1.165, 1.54) is 10.3 Å². The number of benzene rings is 3. The smallest absolute Gasteiger partial charge is 0.279 e. The average Bonchev–Trinajstić information content (AvgIpc) is 3.17. The second-order valence-corrected chi connectivity index (χ2v) is 9.83. The Bertz CT molecular complexity index is 1250. The van der Waals surface area contributed by atoms with Crippen molar-refractivity contribution in [3.8, 4) is 16.3 Å². The summed E-state index contributed by atoms with van der Waals surface area (Å²) >= 11 is 5.18. The lowest BCUT2D eigenvalue weighted by Gasteiger charge is -2.16. The summed E-state index contributed by atoms with van der Waals surface area (Å²) in [4.78, 5) is 18.4. The summed E-state index contributed by atoms with van der Waals surface area (Å²) in [6, 6.07) is 20.1. The van der Waals surface area contributed by atoms with Gasteiger partial charge in [-0.3, -0.25) is 4.79 Å². The molecule has 32 heavy (non-hydrogen) atoms. The van der Waals surface area contributed by atoms with E-state index in [2.05, 4.69) is 46.4 Å². The first-order valence-electron chi connectivity index (χ1n) is 10.3. The second-order valence-electron chi connectivity index (χ2n) is 7.88. The molecular formula is C25H25BrN3O2S+. The van der Waals surface area contributed by atoms with Gasteiger partial charge < -0.3 is 15.0 Å². The number of nitrogens with zero attached hydrogens (tertiary/aromatic N) is 1. The molecule has 7 heteroatoms. The standard InChI is InChI=1S/C25H24BrN3O2S/c1-16-4-10-21-23(12-16)32-25(28-21)17-5-8-20(9-6-17)27-24(30)15-29(2)14-18-13-19(26)7-11-22(18)31-3/h4-13H,14-15H2,1-3H3,(H,27,30)/p+1. The number of hydrogen-bond acceptors (Lipinski definition) is 4. The van der Waals surface area contributed by atoms with Crippen LogP contribution in [-0.4, -0.2) is 31.6 Å². The first kappa shape index (κ1) is 22.5. The fourth-order valence-electron chi connectivity index (χ4n) is 3.60. The van der Waals surface area contributed by atoms with Crippen LogP contribution in [0.1, 0.15) is 11.1 Å². The molecule has 0 saturated carbocycles. The van der Waals surface area contributed by atoms with Crippen LogP contribution in [0.2, 0.25) is 0 Å². The van der Waals surface area contributed by atoms with Gasteiger partial charge >= 0.3 is 0 Å². The molecule has 0 spiro atoms. The number of methoxy groups -OCH3 is 1. The van der Waals surface area contributed by atoms with E-state index < -0.39 is 0 Å². The molecule has 3 aromatic carbocycles. The molecule has 0 fully saturated rings. The topological polar surface area (TPSA) is 55.7 Å². The molecule has 1 atom stereocenters. The van der Waals surface area contributed by atoms with E-state index in [0.717, 1.165) is 42.5 Å². The molecule has 0 bridgehead atoms. The number of aryl methyl sites for hydroxylation is 1. The maximum absolute atomic E-state index is 12.6. The molecular weight excluding hydrogens is 486 g/mol. The zero-order valence-electron chi connectivity index (χ0n) is 18.2. The summed E-state index contributed by atoms with van der Waals surface area (Å²) < 4.78 is 7.62. The number of fused-ring (bicyclic) bond motifs is 1. The number of quaternary nitrogens is 1. The van der Waals surface area contributed by atoms with E-state index in [-0.39, 0.29) is 5.91 Å². The van der Waals surface area contributed by atoms with Gasteiger partial charge in [0.15, 0.2) is 6.54 Å². The van der Waals surface area contributed by atoms with Crippen LogP contribution >= 0.6 is 27.3 Å². The van der Waals surface area contributed by atoms with Gasteiger partial charge in [-0.1, -0.05) is 22.0 Å². The van der Waals surface area contributed by atoms with Crippen LogP contribution < -0.4 is 15.0 Å². The van der Waals surface area contributed by atoms with Gasteiger partial charge in [0, 0.05) is 21.3 Å². The van der Waals surface area contributed by atoms with E-state index in [0.29, 0.717) is 13.1 Å². The van der Waals surface area contributed by atoms with Crippen molar-refractivity contribution in [2.45, 2.75) is 13.5 Å². The molecule has 5 nitrogen and oxygen atoms in total. The maximum Gasteiger partial charge on any atom is 0.279 e. The van der Waals surface area contributed by atoms with Crippen molar-refractivity contribution < 1.29 is 14.4 Å². The molecule has 0 saturated heterocycles.